The van der Waals surface area contributed by atoms with Crippen LogP contribution < -0.4 is 9.64 Å². The number of anilines is 3. The van der Waals surface area contributed by atoms with Gasteiger partial charge in [-0.2, -0.15) is 0 Å². The van der Waals surface area contributed by atoms with Gasteiger partial charge in [-0.25, -0.2) is 15.0 Å². The molecule has 2 aliphatic rings. The van der Waals surface area contributed by atoms with E-state index < -0.39 is 5.41 Å². The molecule has 1 spiro atoms. The molecule has 0 N–H and O–H groups in total. The fraction of sp³-hybridized carbons (Fsp3) is 0.0500. The van der Waals surface area contributed by atoms with E-state index in [1.807, 2.05) is 74.5 Å². The third-order valence-electron chi connectivity index (χ3n) is 12.4. The maximum Gasteiger partial charge on any atom is 0.164 e. The average molecular weight is 837 g/mol. The van der Waals surface area contributed by atoms with Crippen LogP contribution in [0.25, 0.3) is 56.4 Å². The van der Waals surface area contributed by atoms with E-state index in [4.69, 9.17) is 19.7 Å². The minimum Gasteiger partial charge on any atom is -0.457 e. The van der Waals surface area contributed by atoms with Gasteiger partial charge in [0.25, 0.3) is 0 Å². The predicted octanol–water partition coefficient (Wildman–Crippen LogP) is 15.5. The number of fused-ring (bicyclic) bond motifs is 8. The van der Waals surface area contributed by atoms with Gasteiger partial charge in [-0.05, 0) is 94.0 Å². The smallest absolute Gasteiger partial charge is 0.164 e. The Morgan fingerprint density at radius 3 is 1.08 bits per heavy atom. The molecule has 310 valence electrons. The molecule has 0 aliphatic carbocycles. The molecule has 0 radical (unpaired) electrons. The van der Waals surface area contributed by atoms with Crippen molar-refractivity contribution in [3.05, 3.63) is 253 Å². The Kier molecular flexibility index (Phi) is 10.1. The highest BCUT2D eigenvalue weighted by atomic mass is 16.5. The van der Waals surface area contributed by atoms with E-state index in [1.54, 1.807) is 0 Å². The SMILES string of the molecule is CC.c1ccc(-c2ccc3c(c2)C2(c4ccccc4Oc4ccccc42)c2cc(-c4ccccc4)ccc2N3c2ccc(-c3nc(-c4ccccc4)nc(-c4ccccc4)n3)cc2)cc1. The Balaban J connectivity index is 0.00000231. The van der Waals surface area contributed by atoms with Crippen molar-refractivity contribution in [2.75, 3.05) is 4.90 Å². The maximum absolute atomic E-state index is 6.77. The highest BCUT2D eigenvalue weighted by Crippen LogP contribution is 2.63. The second-order valence-corrected chi connectivity index (χ2v) is 16.0. The summed E-state index contributed by atoms with van der Waals surface area (Å²) in [5.41, 5.74) is 14.4. The first-order chi connectivity index (χ1) is 32.2. The largest absolute Gasteiger partial charge is 0.457 e. The first-order valence-electron chi connectivity index (χ1n) is 22.3. The number of benzene rings is 9. The molecule has 5 nitrogen and oxygen atoms in total. The molecule has 0 saturated carbocycles. The number of hydrogen-bond donors (Lipinski definition) is 0. The van der Waals surface area contributed by atoms with Gasteiger partial charge < -0.3 is 9.64 Å². The molecule has 2 aliphatic heterocycles. The zero-order valence-electron chi connectivity index (χ0n) is 36.1. The van der Waals surface area contributed by atoms with E-state index in [9.17, 15) is 0 Å². The van der Waals surface area contributed by atoms with Crippen molar-refractivity contribution in [1.82, 2.24) is 15.0 Å². The number of ether oxygens (including phenoxy) is 1. The van der Waals surface area contributed by atoms with Gasteiger partial charge in [-0.3, -0.25) is 0 Å². The summed E-state index contributed by atoms with van der Waals surface area (Å²) < 4.78 is 6.77. The predicted molar refractivity (Wildman–Crippen MR) is 265 cm³/mol. The first kappa shape index (κ1) is 39.4. The molecule has 0 unspecified atom stereocenters. The number of rotatable bonds is 6. The molecule has 0 amide bonds. The van der Waals surface area contributed by atoms with Crippen molar-refractivity contribution >= 4 is 17.1 Å². The first-order valence-corrected chi connectivity index (χ1v) is 22.3. The topological polar surface area (TPSA) is 51.1 Å². The summed E-state index contributed by atoms with van der Waals surface area (Å²) in [5.74, 6) is 3.58. The van der Waals surface area contributed by atoms with E-state index in [1.165, 1.54) is 11.1 Å². The number of aromatic nitrogens is 3. The van der Waals surface area contributed by atoms with Crippen LogP contribution in [0.2, 0.25) is 0 Å². The summed E-state index contributed by atoms with van der Waals surface area (Å²) in [7, 11) is 0. The zero-order valence-corrected chi connectivity index (χ0v) is 36.1. The van der Waals surface area contributed by atoms with Gasteiger partial charge in [0, 0.05) is 33.5 Å². The van der Waals surface area contributed by atoms with Gasteiger partial charge in [-0.1, -0.05) is 184 Å². The van der Waals surface area contributed by atoms with Crippen molar-refractivity contribution in [1.29, 1.82) is 0 Å². The normalized spacial score (nSPS) is 12.7. The standard InChI is InChI=1S/C58H38N4O.C2H6/c1-5-17-39(18-6-1)44-31-35-51-49(37-44)58(47-25-13-15-27-53(47)63-54-28-16-14-26-48(54)58)50-38-45(40-19-7-2-8-20-40)32-36-52(50)62(51)46-33-29-43(30-34-46)57-60-55(41-21-9-3-10-22-41)59-56(61-57)42-23-11-4-12-24-42;1-2/h1-38H;1-2H3. The molecular weight excluding hydrogens is 793 g/mol. The van der Waals surface area contributed by atoms with Gasteiger partial charge in [-0.15, -0.1) is 0 Å². The average Bonchev–Trinajstić information content (AvgIpc) is 3.40. The van der Waals surface area contributed by atoms with E-state index in [0.717, 1.165) is 78.6 Å². The molecule has 0 saturated heterocycles. The van der Waals surface area contributed by atoms with Gasteiger partial charge in [0.05, 0.1) is 16.8 Å². The van der Waals surface area contributed by atoms with Crippen molar-refractivity contribution in [2.45, 2.75) is 19.3 Å². The highest BCUT2D eigenvalue weighted by Gasteiger charge is 2.51. The third-order valence-corrected chi connectivity index (χ3v) is 12.4. The number of hydrogen-bond acceptors (Lipinski definition) is 5. The molecule has 9 aromatic carbocycles. The fourth-order valence-corrected chi connectivity index (χ4v) is 9.51. The lowest BCUT2D eigenvalue weighted by Crippen LogP contribution is -2.39. The third kappa shape index (κ3) is 6.77. The van der Waals surface area contributed by atoms with Crippen LogP contribution in [0.1, 0.15) is 36.1 Å². The molecule has 0 atom stereocenters. The molecule has 65 heavy (non-hydrogen) atoms. The van der Waals surface area contributed by atoms with Crippen LogP contribution in [0.5, 0.6) is 11.5 Å². The summed E-state index contributed by atoms with van der Waals surface area (Å²) in [6, 6.07) is 81.2. The molecule has 5 heteroatoms. The van der Waals surface area contributed by atoms with Crippen LogP contribution in [0, 0.1) is 0 Å². The molecular formula is C60H44N4O. The van der Waals surface area contributed by atoms with Gasteiger partial charge >= 0.3 is 0 Å². The lowest BCUT2D eigenvalue weighted by Gasteiger charge is -2.49. The van der Waals surface area contributed by atoms with Crippen molar-refractivity contribution < 1.29 is 4.74 Å². The molecule has 0 fully saturated rings. The highest BCUT2D eigenvalue weighted by molar-refractivity contribution is 5.93. The van der Waals surface area contributed by atoms with Crippen molar-refractivity contribution in [3.63, 3.8) is 0 Å². The van der Waals surface area contributed by atoms with Crippen molar-refractivity contribution in [2.24, 2.45) is 0 Å². The minimum absolute atomic E-state index is 0.614. The summed E-state index contributed by atoms with van der Waals surface area (Å²) in [6.45, 7) is 4.00. The van der Waals surface area contributed by atoms with Crippen LogP contribution >= 0.6 is 0 Å². The van der Waals surface area contributed by atoms with Crippen LogP contribution in [0.3, 0.4) is 0 Å². The Hall–Kier alpha value is -8.41. The van der Waals surface area contributed by atoms with E-state index in [-0.39, 0.29) is 0 Å². The summed E-state index contributed by atoms with van der Waals surface area (Å²) in [4.78, 5) is 17.4. The molecule has 1 aromatic heterocycles. The lowest BCUT2D eigenvalue weighted by atomic mass is 9.60. The number of para-hydroxylation sites is 2. The maximum atomic E-state index is 6.77. The van der Waals surface area contributed by atoms with Crippen LogP contribution in [0.15, 0.2) is 231 Å². The lowest BCUT2D eigenvalue weighted by molar-refractivity contribution is 0.434. The number of nitrogens with zero attached hydrogens (tertiary/aromatic N) is 4. The Bertz CT molecular complexity index is 3100. The summed E-state index contributed by atoms with van der Waals surface area (Å²) in [5, 5.41) is 0. The Morgan fingerprint density at radius 2 is 0.662 bits per heavy atom. The second-order valence-electron chi connectivity index (χ2n) is 16.0. The van der Waals surface area contributed by atoms with Crippen LogP contribution in [-0.2, 0) is 5.41 Å². The minimum atomic E-state index is -0.727. The molecule has 10 aromatic rings. The van der Waals surface area contributed by atoms with Gasteiger partial charge in [0.1, 0.15) is 11.5 Å². The Morgan fingerprint density at radius 1 is 0.323 bits per heavy atom. The monoisotopic (exact) mass is 836 g/mol. The van der Waals surface area contributed by atoms with Crippen molar-refractivity contribution in [3.8, 4) is 67.9 Å². The molecule has 3 heterocycles. The summed E-state index contributed by atoms with van der Waals surface area (Å²) in [6.07, 6.45) is 0. The van der Waals surface area contributed by atoms with E-state index in [2.05, 4.69) is 175 Å². The fourth-order valence-electron chi connectivity index (χ4n) is 9.51. The van der Waals surface area contributed by atoms with Gasteiger partial charge in [0.2, 0.25) is 0 Å². The quantitative estimate of drug-likeness (QED) is 0.167. The summed E-state index contributed by atoms with van der Waals surface area (Å²) >= 11 is 0. The van der Waals surface area contributed by atoms with Gasteiger partial charge in [0.15, 0.2) is 17.5 Å². The van der Waals surface area contributed by atoms with E-state index >= 15 is 0 Å². The van der Waals surface area contributed by atoms with Crippen LogP contribution in [-0.4, -0.2) is 15.0 Å². The van der Waals surface area contributed by atoms with Crippen LogP contribution in [0.4, 0.5) is 17.1 Å². The Labute approximate surface area is 380 Å². The second kappa shape index (κ2) is 16.7. The van der Waals surface area contributed by atoms with E-state index in [0.29, 0.717) is 17.5 Å². The molecule has 0 bridgehead atoms. The zero-order chi connectivity index (χ0) is 43.7. The molecule has 12 rings (SSSR count).